The predicted octanol–water partition coefficient (Wildman–Crippen LogP) is 3.72. The molecule has 0 radical (unpaired) electrons. The van der Waals surface area contributed by atoms with Crippen molar-refractivity contribution in [1.29, 1.82) is 0 Å². The monoisotopic (exact) mass is 310 g/mol. The van der Waals surface area contributed by atoms with E-state index in [1.54, 1.807) is 7.11 Å². The highest BCUT2D eigenvalue weighted by Gasteiger charge is 2.36. The Morgan fingerprint density at radius 2 is 2.14 bits per heavy atom. The molecule has 1 aliphatic heterocycles. The van der Waals surface area contributed by atoms with E-state index in [1.807, 2.05) is 18.2 Å². The molecule has 3 nitrogen and oxygen atoms in total. The summed E-state index contributed by atoms with van der Waals surface area (Å²) in [5, 5.41) is 0.740. The van der Waals surface area contributed by atoms with Crippen LogP contribution in [0, 0.1) is 11.3 Å². The highest BCUT2D eigenvalue weighted by molar-refractivity contribution is 6.31. The summed E-state index contributed by atoms with van der Waals surface area (Å²) in [6, 6.07) is 5.92. The zero-order valence-corrected chi connectivity index (χ0v) is 14.3. The lowest BCUT2D eigenvalue weighted by molar-refractivity contribution is 0.195. The minimum Gasteiger partial charge on any atom is -0.496 e. The third-order valence-electron chi connectivity index (χ3n) is 4.67. The average molecular weight is 311 g/mol. The largest absolute Gasteiger partial charge is 0.496 e. The van der Waals surface area contributed by atoms with Crippen LogP contribution >= 0.6 is 11.6 Å². The van der Waals surface area contributed by atoms with Crippen LogP contribution in [0.25, 0.3) is 0 Å². The summed E-state index contributed by atoms with van der Waals surface area (Å²) in [5.74, 6) is 1.53. The van der Waals surface area contributed by atoms with Crippen molar-refractivity contribution in [1.82, 2.24) is 4.90 Å². The van der Waals surface area contributed by atoms with Gasteiger partial charge in [0.05, 0.1) is 13.2 Å². The van der Waals surface area contributed by atoms with Crippen LogP contribution in [0.1, 0.15) is 38.8 Å². The quantitative estimate of drug-likeness (QED) is 0.921. The van der Waals surface area contributed by atoms with Crippen molar-refractivity contribution in [3.8, 4) is 5.75 Å². The number of likely N-dealkylation sites (tertiary alicyclic amines) is 1. The van der Waals surface area contributed by atoms with Crippen LogP contribution in [0.15, 0.2) is 18.2 Å². The maximum Gasteiger partial charge on any atom is 0.125 e. The van der Waals surface area contributed by atoms with Crippen molar-refractivity contribution >= 4 is 11.6 Å². The summed E-state index contributed by atoms with van der Waals surface area (Å²) in [6.07, 6.45) is 1.22. The Morgan fingerprint density at radius 1 is 1.43 bits per heavy atom. The lowest BCUT2D eigenvalue weighted by Crippen LogP contribution is -2.34. The van der Waals surface area contributed by atoms with Gasteiger partial charge in [-0.2, -0.15) is 0 Å². The second kappa shape index (κ2) is 6.55. The fraction of sp³-hybridized carbons (Fsp3) is 0.647. The van der Waals surface area contributed by atoms with Gasteiger partial charge >= 0.3 is 0 Å². The van der Waals surface area contributed by atoms with Crippen LogP contribution in [0.4, 0.5) is 0 Å². The van der Waals surface area contributed by atoms with E-state index < -0.39 is 0 Å². The van der Waals surface area contributed by atoms with Crippen molar-refractivity contribution in [3.05, 3.63) is 28.8 Å². The van der Waals surface area contributed by atoms with Crippen molar-refractivity contribution < 1.29 is 4.74 Å². The van der Waals surface area contributed by atoms with E-state index in [9.17, 15) is 0 Å². The fourth-order valence-electron chi connectivity index (χ4n) is 3.25. The van der Waals surface area contributed by atoms with E-state index in [0.717, 1.165) is 29.4 Å². The summed E-state index contributed by atoms with van der Waals surface area (Å²) < 4.78 is 5.50. The van der Waals surface area contributed by atoms with Crippen LogP contribution in [0.3, 0.4) is 0 Å². The molecular weight excluding hydrogens is 284 g/mol. The van der Waals surface area contributed by atoms with Gasteiger partial charge in [-0.05, 0) is 36.4 Å². The number of nitrogens with two attached hydrogens (primary N) is 1. The first-order valence-electron chi connectivity index (χ1n) is 7.65. The number of nitrogens with zero attached hydrogens (tertiary/aromatic N) is 1. The van der Waals surface area contributed by atoms with Crippen LogP contribution in [-0.4, -0.2) is 31.6 Å². The molecule has 1 saturated heterocycles. The number of hydrogen-bond donors (Lipinski definition) is 1. The molecule has 2 unspecified atom stereocenters. The van der Waals surface area contributed by atoms with E-state index in [1.165, 1.54) is 6.42 Å². The molecule has 4 heteroatoms. The zero-order valence-electron chi connectivity index (χ0n) is 13.5. The van der Waals surface area contributed by atoms with Gasteiger partial charge in [-0.3, -0.25) is 4.90 Å². The summed E-state index contributed by atoms with van der Waals surface area (Å²) in [7, 11) is 1.69. The summed E-state index contributed by atoms with van der Waals surface area (Å²) >= 11 is 6.42. The minimum absolute atomic E-state index is 0.126. The van der Waals surface area contributed by atoms with Crippen molar-refractivity contribution in [2.24, 2.45) is 17.1 Å². The molecule has 0 spiro atoms. The molecule has 21 heavy (non-hydrogen) atoms. The van der Waals surface area contributed by atoms with Crippen molar-refractivity contribution in [2.75, 3.05) is 26.7 Å². The van der Waals surface area contributed by atoms with E-state index in [0.29, 0.717) is 17.9 Å². The van der Waals surface area contributed by atoms with Gasteiger partial charge in [-0.1, -0.05) is 38.4 Å². The third-order valence-corrected chi connectivity index (χ3v) is 5.00. The first-order chi connectivity index (χ1) is 9.88. The van der Waals surface area contributed by atoms with Crippen LogP contribution < -0.4 is 10.5 Å². The second-order valence-electron chi connectivity index (χ2n) is 6.95. The molecule has 118 valence electrons. The van der Waals surface area contributed by atoms with Gasteiger partial charge in [-0.15, -0.1) is 0 Å². The molecule has 1 aliphatic rings. The number of methoxy groups -OCH3 is 1. The topological polar surface area (TPSA) is 38.5 Å². The van der Waals surface area contributed by atoms with Crippen molar-refractivity contribution in [2.45, 2.75) is 33.2 Å². The first kappa shape index (κ1) is 16.6. The van der Waals surface area contributed by atoms with E-state index in [2.05, 4.69) is 25.7 Å². The van der Waals surface area contributed by atoms with Crippen LogP contribution in [-0.2, 0) is 0 Å². The molecule has 0 saturated carbocycles. The second-order valence-corrected chi connectivity index (χ2v) is 7.36. The smallest absolute Gasteiger partial charge is 0.125 e. The Labute approximate surface area is 133 Å². The van der Waals surface area contributed by atoms with Gasteiger partial charge < -0.3 is 10.5 Å². The number of hydrogen-bond acceptors (Lipinski definition) is 3. The van der Waals surface area contributed by atoms with E-state index in [-0.39, 0.29) is 6.04 Å². The molecule has 1 aromatic carbocycles. The number of halogens is 1. The molecule has 2 N–H and O–H groups in total. The average Bonchev–Trinajstić information content (AvgIpc) is 2.91. The predicted molar refractivity (Wildman–Crippen MR) is 88.9 cm³/mol. The Balaban J connectivity index is 2.26. The van der Waals surface area contributed by atoms with Gasteiger partial charge in [0.1, 0.15) is 5.75 Å². The van der Waals surface area contributed by atoms with Gasteiger partial charge in [0.25, 0.3) is 0 Å². The summed E-state index contributed by atoms with van der Waals surface area (Å²) in [6.45, 7) is 9.63. The number of benzene rings is 1. The molecule has 0 aromatic heterocycles. The van der Waals surface area contributed by atoms with Gasteiger partial charge in [-0.25, -0.2) is 0 Å². The molecule has 1 aromatic rings. The number of ether oxygens (including phenoxy) is 1. The van der Waals surface area contributed by atoms with Crippen molar-refractivity contribution in [3.63, 3.8) is 0 Å². The van der Waals surface area contributed by atoms with Crippen LogP contribution in [0.2, 0.25) is 5.02 Å². The normalized spacial score (nSPS) is 21.5. The molecule has 0 amide bonds. The maximum absolute atomic E-state index is 6.42. The molecule has 1 fully saturated rings. The summed E-state index contributed by atoms with van der Waals surface area (Å²) in [4.78, 5) is 2.46. The Hall–Kier alpha value is -0.770. The lowest BCUT2D eigenvalue weighted by Gasteiger charge is -2.31. The summed E-state index contributed by atoms with van der Waals surface area (Å²) in [5.41, 5.74) is 7.43. The fourth-order valence-corrected chi connectivity index (χ4v) is 3.54. The Morgan fingerprint density at radius 3 is 2.67 bits per heavy atom. The standard InChI is InChI=1S/C17H27ClN2O/c1-17(2,3)12-8-9-20(11-12)14(10-19)16-13(18)6-5-7-15(16)21-4/h5-7,12,14H,8-11,19H2,1-4H3. The molecule has 0 aliphatic carbocycles. The van der Waals surface area contributed by atoms with Gasteiger partial charge in [0.2, 0.25) is 0 Å². The minimum atomic E-state index is 0.126. The third kappa shape index (κ3) is 3.53. The lowest BCUT2D eigenvalue weighted by atomic mass is 9.80. The molecule has 2 atom stereocenters. The van der Waals surface area contributed by atoms with E-state index in [4.69, 9.17) is 22.1 Å². The molecule has 1 heterocycles. The van der Waals surface area contributed by atoms with Crippen LogP contribution in [0.5, 0.6) is 5.75 Å². The SMILES string of the molecule is COc1cccc(Cl)c1C(CN)N1CCC(C(C)(C)C)C1. The van der Waals surface area contributed by atoms with Gasteiger partial charge in [0, 0.05) is 23.7 Å². The highest BCUT2D eigenvalue weighted by atomic mass is 35.5. The molecule has 0 bridgehead atoms. The molecule has 2 rings (SSSR count). The Bertz CT molecular complexity index is 484. The highest BCUT2D eigenvalue weighted by Crippen LogP contribution is 2.40. The van der Waals surface area contributed by atoms with E-state index >= 15 is 0 Å². The number of rotatable bonds is 4. The zero-order chi connectivity index (χ0) is 15.6. The molecular formula is C17H27ClN2O. The first-order valence-corrected chi connectivity index (χ1v) is 8.02. The maximum atomic E-state index is 6.42. The Kier molecular flexibility index (Phi) is 5.18. The van der Waals surface area contributed by atoms with Gasteiger partial charge in [0.15, 0.2) is 0 Å².